The van der Waals surface area contributed by atoms with Crippen molar-refractivity contribution >= 4 is 64.1 Å². The average molecular weight is 783 g/mol. The van der Waals surface area contributed by atoms with Gasteiger partial charge in [-0.2, -0.15) is 0 Å². The van der Waals surface area contributed by atoms with Gasteiger partial charge in [0.25, 0.3) is 0 Å². The van der Waals surface area contributed by atoms with Gasteiger partial charge in [-0.15, -0.1) is 11.3 Å². The van der Waals surface area contributed by atoms with Crippen LogP contribution < -0.4 is 0 Å². The molecule has 4 nitrogen and oxygen atoms in total. The highest BCUT2D eigenvalue weighted by Crippen LogP contribution is 2.41. The van der Waals surface area contributed by atoms with Gasteiger partial charge in [0, 0.05) is 53.2 Å². The normalized spacial score (nSPS) is 11.7. The molecule has 3 heterocycles. The Morgan fingerprint density at radius 1 is 0.333 bits per heavy atom. The summed E-state index contributed by atoms with van der Waals surface area (Å²) in [4.78, 5) is 15.4. The van der Waals surface area contributed by atoms with Gasteiger partial charge in [0.1, 0.15) is 0 Å². The summed E-state index contributed by atoms with van der Waals surface area (Å²) in [7, 11) is 0. The van der Waals surface area contributed by atoms with Gasteiger partial charge < -0.3 is 4.57 Å². The molecule has 9 aromatic carbocycles. The first-order chi connectivity index (χ1) is 29.7. The van der Waals surface area contributed by atoms with E-state index < -0.39 is 0 Å². The van der Waals surface area contributed by atoms with Gasteiger partial charge in [0.2, 0.25) is 0 Å². The number of hydrogen-bond donors (Lipinski definition) is 0. The predicted molar refractivity (Wildman–Crippen MR) is 252 cm³/mol. The molecule has 0 radical (unpaired) electrons. The number of benzene rings is 9. The van der Waals surface area contributed by atoms with E-state index in [0.717, 1.165) is 50.1 Å². The van der Waals surface area contributed by atoms with Crippen molar-refractivity contribution in [3.05, 3.63) is 206 Å². The Morgan fingerprint density at radius 2 is 0.867 bits per heavy atom. The van der Waals surface area contributed by atoms with Gasteiger partial charge in [0.15, 0.2) is 17.5 Å². The van der Waals surface area contributed by atoms with Gasteiger partial charge in [-0.1, -0.05) is 176 Å². The quantitative estimate of drug-likeness (QED) is 0.169. The van der Waals surface area contributed by atoms with Crippen molar-refractivity contribution in [2.75, 3.05) is 0 Å². The summed E-state index contributed by atoms with van der Waals surface area (Å²) in [6.07, 6.45) is 0. The summed E-state index contributed by atoms with van der Waals surface area (Å²) >= 11 is 1.86. The van der Waals surface area contributed by atoms with Crippen molar-refractivity contribution in [1.29, 1.82) is 0 Å². The van der Waals surface area contributed by atoms with Crippen molar-refractivity contribution in [3.8, 4) is 62.1 Å². The van der Waals surface area contributed by atoms with Crippen LogP contribution in [0.4, 0.5) is 0 Å². The first-order valence-electron chi connectivity index (χ1n) is 20.2. The minimum Gasteiger partial charge on any atom is -0.309 e. The highest BCUT2D eigenvalue weighted by molar-refractivity contribution is 7.26. The number of rotatable bonds is 6. The third kappa shape index (κ3) is 5.70. The zero-order valence-electron chi connectivity index (χ0n) is 32.3. The Labute approximate surface area is 350 Å². The Kier molecular flexibility index (Phi) is 8.00. The predicted octanol–water partition coefficient (Wildman–Crippen LogP) is 14.8. The number of aromatic nitrogens is 4. The van der Waals surface area contributed by atoms with Gasteiger partial charge in [-0.3, -0.25) is 0 Å². The standard InChI is InChI=1S/C55H34N4S/c1-3-13-36(14-4-1)42-30-28-41(33-49(42)59-47-21-11-9-19-44(47)45-20-10-12-22-48(45)59)55-57-53(38-16-5-2-6-17-38)56-54(58-55)39-25-23-35(24-26-39)40-27-31-46-51(34-40)60-50-32-29-37-15-7-8-18-43(37)52(46)50/h1-34H. The molecule has 0 atom stereocenters. The SMILES string of the molecule is c1ccc(-c2nc(-c3ccc(-c4ccc5c(c4)sc4ccc6ccccc6c45)cc3)nc(-c3ccc(-c4ccccc4)c(-n4c5ccccc5c5ccccc54)c3)n2)cc1. The van der Waals surface area contributed by atoms with Gasteiger partial charge in [0.05, 0.1) is 16.7 Å². The van der Waals surface area contributed by atoms with E-state index in [1.807, 2.05) is 29.5 Å². The minimum absolute atomic E-state index is 0.618. The second-order valence-electron chi connectivity index (χ2n) is 15.2. The van der Waals surface area contributed by atoms with Crippen LogP contribution in [0.2, 0.25) is 0 Å². The highest BCUT2D eigenvalue weighted by Gasteiger charge is 2.19. The van der Waals surface area contributed by atoms with Crippen LogP contribution in [0.1, 0.15) is 0 Å². The lowest BCUT2D eigenvalue weighted by Gasteiger charge is -2.16. The van der Waals surface area contributed by atoms with Crippen molar-refractivity contribution in [1.82, 2.24) is 19.5 Å². The van der Waals surface area contributed by atoms with Crippen LogP contribution in [0, 0.1) is 0 Å². The van der Waals surface area contributed by atoms with E-state index in [-0.39, 0.29) is 0 Å². The smallest absolute Gasteiger partial charge is 0.164 e. The first-order valence-corrected chi connectivity index (χ1v) is 21.0. The first kappa shape index (κ1) is 34.3. The third-order valence-electron chi connectivity index (χ3n) is 11.7. The zero-order chi connectivity index (χ0) is 39.6. The molecule has 0 bridgehead atoms. The topological polar surface area (TPSA) is 43.6 Å². The highest BCUT2D eigenvalue weighted by atomic mass is 32.1. The molecule has 0 aliphatic carbocycles. The maximum Gasteiger partial charge on any atom is 0.164 e. The van der Waals surface area contributed by atoms with E-state index in [1.165, 1.54) is 47.3 Å². The Balaban J connectivity index is 0.989. The molecule has 280 valence electrons. The number of fused-ring (bicyclic) bond motifs is 8. The number of nitrogens with zero attached hydrogens (tertiary/aromatic N) is 4. The average Bonchev–Trinajstić information content (AvgIpc) is 3.88. The van der Waals surface area contributed by atoms with Crippen LogP contribution in [0.15, 0.2) is 206 Å². The largest absolute Gasteiger partial charge is 0.309 e. The summed E-state index contributed by atoms with van der Waals surface area (Å²) in [6, 6.07) is 73.3. The van der Waals surface area contributed by atoms with E-state index in [2.05, 4.69) is 193 Å². The van der Waals surface area contributed by atoms with E-state index >= 15 is 0 Å². The lowest BCUT2D eigenvalue weighted by Crippen LogP contribution is -2.02. The monoisotopic (exact) mass is 782 g/mol. The third-order valence-corrected chi connectivity index (χ3v) is 12.8. The molecule has 12 rings (SSSR count). The Bertz CT molecular complexity index is 3530. The summed E-state index contributed by atoms with van der Waals surface area (Å²) < 4.78 is 4.98. The summed E-state index contributed by atoms with van der Waals surface area (Å²) in [6.45, 7) is 0. The van der Waals surface area contributed by atoms with Gasteiger partial charge in [-0.05, 0) is 57.8 Å². The molecule has 3 aromatic heterocycles. The summed E-state index contributed by atoms with van der Waals surface area (Å²) in [5, 5.41) is 7.65. The zero-order valence-corrected chi connectivity index (χ0v) is 33.1. The second-order valence-corrected chi connectivity index (χ2v) is 16.3. The second kappa shape index (κ2) is 14.0. The molecule has 60 heavy (non-hydrogen) atoms. The molecule has 0 fully saturated rings. The fourth-order valence-electron chi connectivity index (χ4n) is 8.79. The molecule has 0 amide bonds. The van der Waals surface area contributed by atoms with Crippen LogP contribution in [-0.4, -0.2) is 19.5 Å². The van der Waals surface area contributed by atoms with E-state index in [9.17, 15) is 0 Å². The number of hydrogen-bond acceptors (Lipinski definition) is 4. The number of thiophene rings is 1. The Hall–Kier alpha value is -7.73. The molecule has 0 saturated carbocycles. The van der Waals surface area contributed by atoms with Gasteiger partial charge in [-0.25, -0.2) is 15.0 Å². The fraction of sp³-hybridized carbons (Fsp3) is 0. The van der Waals surface area contributed by atoms with Crippen molar-refractivity contribution in [2.45, 2.75) is 0 Å². The van der Waals surface area contributed by atoms with Crippen LogP contribution in [0.5, 0.6) is 0 Å². The van der Waals surface area contributed by atoms with Crippen LogP contribution in [0.3, 0.4) is 0 Å². The van der Waals surface area contributed by atoms with Crippen LogP contribution >= 0.6 is 11.3 Å². The van der Waals surface area contributed by atoms with Crippen LogP contribution in [0.25, 0.3) is 115 Å². The maximum absolute atomic E-state index is 5.21. The molecule has 0 N–H and O–H groups in total. The molecule has 0 aliphatic rings. The molecular weight excluding hydrogens is 749 g/mol. The minimum atomic E-state index is 0.618. The number of para-hydroxylation sites is 2. The molecule has 0 aliphatic heterocycles. The van der Waals surface area contributed by atoms with Gasteiger partial charge >= 0.3 is 0 Å². The molecule has 0 spiro atoms. The van der Waals surface area contributed by atoms with E-state index in [1.54, 1.807) is 0 Å². The Morgan fingerprint density at radius 3 is 1.57 bits per heavy atom. The van der Waals surface area contributed by atoms with E-state index in [0.29, 0.717) is 17.5 Å². The lowest BCUT2D eigenvalue weighted by atomic mass is 10.00. The molecule has 12 aromatic rings. The van der Waals surface area contributed by atoms with E-state index in [4.69, 9.17) is 15.0 Å². The summed E-state index contributed by atoms with van der Waals surface area (Å²) in [5.74, 6) is 1.88. The van der Waals surface area contributed by atoms with Crippen LogP contribution in [-0.2, 0) is 0 Å². The molecule has 0 saturated heterocycles. The van der Waals surface area contributed by atoms with Crippen molar-refractivity contribution in [3.63, 3.8) is 0 Å². The molecular formula is C55H34N4S. The fourth-order valence-corrected chi connectivity index (χ4v) is 9.95. The lowest BCUT2D eigenvalue weighted by molar-refractivity contribution is 1.07. The molecule has 0 unspecified atom stereocenters. The maximum atomic E-state index is 5.21. The molecule has 5 heteroatoms. The van der Waals surface area contributed by atoms with Crippen molar-refractivity contribution < 1.29 is 0 Å². The van der Waals surface area contributed by atoms with Crippen molar-refractivity contribution in [2.24, 2.45) is 0 Å². The summed E-state index contributed by atoms with van der Waals surface area (Å²) in [5.41, 5.74) is 10.7.